The van der Waals surface area contributed by atoms with Crippen molar-refractivity contribution in [2.75, 3.05) is 7.11 Å². The molecule has 3 aromatic rings. The zero-order valence-corrected chi connectivity index (χ0v) is 13.0. The molecule has 1 aromatic heterocycles. The number of para-hydroxylation sites is 1. The van der Waals surface area contributed by atoms with Crippen LogP contribution in [0.25, 0.3) is 10.9 Å². The van der Waals surface area contributed by atoms with Gasteiger partial charge in [0, 0.05) is 28.2 Å². The van der Waals surface area contributed by atoms with E-state index in [1.165, 1.54) is 0 Å². The van der Waals surface area contributed by atoms with Gasteiger partial charge in [-0.25, -0.2) is 5.43 Å². The van der Waals surface area contributed by atoms with Crippen LogP contribution >= 0.6 is 0 Å². The lowest BCUT2D eigenvalue weighted by Gasteiger charge is -2.04. The van der Waals surface area contributed by atoms with Crippen molar-refractivity contribution in [3.8, 4) is 5.75 Å². The summed E-state index contributed by atoms with van der Waals surface area (Å²) in [6, 6.07) is 14.8. The van der Waals surface area contributed by atoms with Gasteiger partial charge < -0.3 is 9.72 Å². The third-order valence-electron chi connectivity index (χ3n) is 3.66. The maximum Gasteiger partial charge on any atom is 0.271 e. The molecular formula is C18H17N3O2. The van der Waals surface area contributed by atoms with Crippen molar-refractivity contribution < 1.29 is 9.53 Å². The number of carbonyl (C=O) groups is 1. The Morgan fingerprint density at radius 2 is 1.87 bits per heavy atom. The number of amides is 1. The average Bonchev–Trinajstić information content (AvgIpc) is 3.03. The molecule has 0 fully saturated rings. The second-order valence-electron chi connectivity index (χ2n) is 5.11. The Labute approximate surface area is 134 Å². The number of aromatic nitrogens is 1. The summed E-state index contributed by atoms with van der Waals surface area (Å²) in [6.45, 7) is 1.86. The fourth-order valence-corrected chi connectivity index (χ4v) is 2.37. The molecule has 5 heteroatoms. The number of rotatable bonds is 4. The molecule has 0 aliphatic rings. The smallest absolute Gasteiger partial charge is 0.271 e. The van der Waals surface area contributed by atoms with Gasteiger partial charge in [0.15, 0.2) is 0 Å². The highest BCUT2D eigenvalue weighted by atomic mass is 16.5. The summed E-state index contributed by atoms with van der Waals surface area (Å²) >= 11 is 0. The molecule has 5 nitrogen and oxygen atoms in total. The number of fused-ring (bicyclic) bond motifs is 1. The first-order valence-electron chi connectivity index (χ1n) is 7.24. The molecular weight excluding hydrogens is 290 g/mol. The van der Waals surface area contributed by atoms with Crippen molar-refractivity contribution in [3.05, 3.63) is 65.9 Å². The number of ether oxygens (including phenoxy) is 1. The fourth-order valence-electron chi connectivity index (χ4n) is 2.37. The van der Waals surface area contributed by atoms with Gasteiger partial charge in [-0.05, 0) is 37.3 Å². The van der Waals surface area contributed by atoms with Crippen molar-refractivity contribution in [1.29, 1.82) is 0 Å². The van der Waals surface area contributed by atoms with Crippen molar-refractivity contribution in [1.82, 2.24) is 10.4 Å². The Bertz CT molecular complexity index is 863. The molecule has 2 aromatic carbocycles. The van der Waals surface area contributed by atoms with Gasteiger partial charge >= 0.3 is 0 Å². The predicted octanol–water partition coefficient (Wildman–Crippen LogP) is 3.33. The largest absolute Gasteiger partial charge is 0.497 e. The van der Waals surface area contributed by atoms with Crippen molar-refractivity contribution in [2.45, 2.75) is 6.92 Å². The highest BCUT2D eigenvalue weighted by Crippen LogP contribution is 2.18. The Kier molecular flexibility index (Phi) is 4.10. The van der Waals surface area contributed by atoms with Gasteiger partial charge in [-0.1, -0.05) is 18.2 Å². The van der Waals surface area contributed by atoms with E-state index in [0.29, 0.717) is 11.3 Å². The molecule has 0 saturated heterocycles. The number of hydrogen-bond donors (Lipinski definition) is 2. The molecule has 3 rings (SSSR count). The lowest BCUT2D eigenvalue weighted by Crippen LogP contribution is -2.19. The number of nitrogens with zero attached hydrogens (tertiary/aromatic N) is 1. The monoisotopic (exact) mass is 307 g/mol. The molecule has 1 heterocycles. The van der Waals surface area contributed by atoms with Gasteiger partial charge in [0.2, 0.25) is 0 Å². The van der Waals surface area contributed by atoms with E-state index in [1.807, 2.05) is 37.4 Å². The minimum Gasteiger partial charge on any atom is -0.497 e. The Balaban J connectivity index is 1.77. The molecule has 1 amide bonds. The lowest BCUT2D eigenvalue weighted by molar-refractivity contribution is 0.0955. The van der Waals surface area contributed by atoms with Gasteiger partial charge in [0.1, 0.15) is 5.75 Å². The molecule has 0 unspecified atom stereocenters. The topological polar surface area (TPSA) is 66.5 Å². The first-order valence-corrected chi connectivity index (χ1v) is 7.24. The Hall–Kier alpha value is -3.08. The number of nitrogens with one attached hydrogen (secondary N) is 2. The standard InChI is InChI=1S/C18H17N3O2/c1-12(16-11-19-17-6-4-3-5-15(16)17)20-21-18(22)13-7-9-14(23-2)10-8-13/h3-11,19H,1-2H3,(H,21,22). The maximum atomic E-state index is 12.1. The van der Waals surface area contributed by atoms with Crippen molar-refractivity contribution >= 4 is 22.5 Å². The van der Waals surface area contributed by atoms with E-state index < -0.39 is 0 Å². The third kappa shape index (κ3) is 3.08. The van der Waals surface area contributed by atoms with E-state index in [9.17, 15) is 4.79 Å². The van der Waals surface area contributed by atoms with Crippen LogP contribution in [-0.4, -0.2) is 23.7 Å². The summed E-state index contributed by atoms with van der Waals surface area (Å²) in [5.41, 5.74) is 5.86. The van der Waals surface area contributed by atoms with Gasteiger partial charge in [-0.3, -0.25) is 4.79 Å². The Morgan fingerprint density at radius 3 is 2.61 bits per heavy atom. The summed E-state index contributed by atoms with van der Waals surface area (Å²) in [5.74, 6) is 0.451. The molecule has 0 saturated carbocycles. The van der Waals surface area contributed by atoms with E-state index in [0.717, 1.165) is 22.2 Å². The number of benzene rings is 2. The molecule has 0 aliphatic carbocycles. The third-order valence-corrected chi connectivity index (χ3v) is 3.66. The van der Waals surface area contributed by atoms with Crippen LogP contribution < -0.4 is 10.2 Å². The van der Waals surface area contributed by atoms with Crippen LogP contribution in [0.3, 0.4) is 0 Å². The van der Waals surface area contributed by atoms with Crippen LogP contribution in [0, 0.1) is 0 Å². The first kappa shape index (κ1) is 14.8. The molecule has 2 N–H and O–H groups in total. The van der Waals surface area contributed by atoms with E-state index >= 15 is 0 Å². The first-order chi connectivity index (χ1) is 11.2. The maximum absolute atomic E-state index is 12.1. The zero-order chi connectivity index (χ0) is 16.2. The van der Waals surface area contributed by atoms with Crippen LogP contribution in [0.4, 0.5) is 0 Å². The number of carbonyl (C=O) groups excluding carboxylic acids is 1. The van der Waals surface area contributed by atoms with Crippen LogP contribution in [-0.2, 0) is 0 Å². The quantitative estimate of drug-likeness (QED) is 0.573. The minimum absolute atomic E-state index is 0.258. The minimum atomic E-state index is -0.258. The molecule has 0 aliphatic heterocycles. The van der Waals surface area contributed by atoms with Crippen LogP contribution in [0.1, 0.15) is 22.8 Å². The van der Waals surface area contributed by atoms with Gasteiger partial charge in [-0.2, -0.15) is 5.10 Å². The molecule has 0 spiro atoms. The van der Waals surface area contributed by atoms with E-state index in [1.54, 1.807) is 31.4 Å². The van der Waals surface area contributed by atoms with Gasteiger partial charge in [-0.15, -0.1) is 0 Å². The number of methoxy groups -OCH3 is 1. The number of H-pyrrole nitrogens is 1. The highest BCUT2D eigenvalue weighted by molar-refractivity contribution is 6.10. The van der Waals surface area contributed by atoms with Crippen LogP contribution in [0.2, 0.25) is 0 Å². The molecule has 0 radical (unpaired) electrons. The molecule has 0 bridgehead atoms. The summed E-state index contributed by atoms with van der Waals surface area (Å²) in [4.78, 5) is 15.3. The lowest BCUT2D eigenvalue weighted by atomic mass is 10.1. The number of hydrazone groups is 1. The van der Waals surface area contributed by atoms with Crippen molar-refractivity contribution in [2.24, 2.45) is 5.10 Å². The summed E-state index contributed by atoms with van der Waals surface area (Å²) in [6.07, 6.45) is 1.89. The second-order valence-corrected chi connectivity index (χ2v) is 5.11. The number of hydrogen-bond acceptors (Lipinski definition) is 3. The predicted molar refractivity (Wildman–Crippen MR) is 91.0 cm³/mol. The second kappa shape index (κ2) is 6.36. The molecule has 0 atom stereocenters. The van der Waals surface area contributed by atoms with E-state index in [4.69, 9.17) is 4.74 Å². The van der Waals surface area contributed by atoms with Crippen LogP contribution in [0.15, 0.2) is 59.8 Å². The molecule has 116 valence electrons. The van der Waals surface area contributed by atoms with E-state index in [2.05, 4.69) is 15.5 Å². The summed E-state index contributed by atoms with van der Waals surface area (Å²) in [7, 11) is 1.59. The fraction of sp³-hybridized carbons (Fsp3) is 0.111. The van der Waals surface area contributed by atoms with E-state index in [-0.39, 0.29) is 5.91 Å². The SMILES string of the molecule is COc1ccc(C(=O)NN=C(C)c2c[nH]c3ccccc23)cc1. The number of aromatic amines is 1. The van der Waals surface area contributed by atoms with Crippen molar-refractivity contribution in [3.63, 3.8) is 0 Å². The Morgan fingerprint density at radius 1 is 1.13 bits per heavy atom. The van der Waals surface area contributed by atoms with Gasteiger partial charge in [0.25, 0.3) is 5.91 Å². The van der Waals surface area contributed by atoms with Crippen LogP contribution in [0.5, 0.6) is 5.75 Å². The summed E-state index contributed by atoms with van der Waals surface area (Å²) in [5, 5.41) is 5.28. The summed E-state index contributed by atoms with van der Waals surface area (Å²) < 4.78 is 5.07. The molecule has 23 heavy (non-hydrogen) atoms. The van der Waals surface area contributed by atoms with Gasteiger partial charge in [0.05, 0.1) is 12.8 Å². The average molecular weight is 307 g/mol. The highest BCUT2D eigenvalue weighted by Gasteiger charge is 2.08. The normalized spacial score (nSPS) is 11.5. The zero-order valence-electron chi connectivity index (χ0n) is 13.0.